The molecular formula is C14H19NO3. The van der Waals surface area contributed by atoms with Gasteiger partial charge >= 0.3 is 5.97 Å². The second-order valence-corrected chi connectivity index (χ2v) is 4.22. The maximum Gasteiger partial charge on any atom is 0.316 e. The minimum absolute atomic E-state index is 0.297. The molecule has 0 aromatic heterocycles. The van der Waals surface area contributed by atoms with Crippen LogP contribution in [-0.2, 0) is 16.0 Å². The maximum atomic E-state index is 12.0. The van der Waals surface area contributed by atoms with E-state index < -0.39 is 11.9 Å². The van der Waals surface area contributed by atoms with Crippen molar-refractivity contribution >= 4 is 17.6 Å². The molecule has 0 bridgehead atoms. The van der Waals surface area contributed by atoms with E-state index in [1.54, 1.807) is 14.0 Å². The molecule has 1 aromatic rings. The number of amides is 1. The molecule has 18 heavy (non-hydrogen) atoms. The number of carbonyl (C=O) groups excluding carboxylic acids is 1. The monoisotopic (exact) mass is 249 g/mol. The lowest BCUT2D eigenvalue weighted by Crippen LogP contribution is -2.36. The van der Waals surface area contributed by atoms with Gasteiger partial charge in [0.2, 0.25) is 5.91 Å². The Hall–Kier alpha value is -1.84. The smallest absolute Gasteiger partial charge is 0.316 e. The Kier molecular flexibility index (Phi) is 4.89. The summed E-state index contributed by atoms with van der Waals surface area (Å²) in [5.74, 6) is -2.42. The topological polar surface area (TPSA) is 57.6 Å². The van der Waals surface area contributed by atoms with Crippen LogP contribution in [0.3, 0.4) is 0 Å². The molecule has 0 fully saturated rings. The number of anilines is 1. The molecule has 98 valence electrons. The van der Waals surface area contributed by atoms with Crippen molar-refractivity contribution in [1.82, 2.24) is 0 Å². The zero-order chi connectivity index (χ0) is 13.7. The summed E-state index contributed by atoms with van der Waals surface area (Å²) in [5.41, 5.74) is 1.90. The van der Waals surface area contributed by atoms with E-state index in [0.717, 1.165) is 12.1 Å². The Morgan fingerprint density at radius 2 is 1.78 bits per heavy atom. The van der Waals surface area contributed by atoms with Crippen molar-refractivity contribution in [2.45, 2.75) is 26.7 Å². The highest BCUT2D eigenvalue weighted by atomic mass is 16.4. The minimum atomic E-state index is -1.07. The van der Waals surface area contributed by atoms with Crippen LogP contribution in [0.2, 0.25) is 0 Å². The van der Waals surface area contributed by atoms with E-state index in [9.17, 15) is 9.59 Å². The third kappa shape index (κ3) is 3.09. The van der Waals surface area contributed by atoms with Crippen molar-refractivity contribution in [2.75, 3.05) is 11.9 Å². The molecule has 0 aliphatic rings. The summed E-state index contributed by atoms with van der Waals surface area (Å²) in [4.78, 5) is 24.4. The Labute approximate surface area is 107 Å². The molecule has 0 radical (unpaired) electrons. The van der Waals surface area contributed by atoms with Crippen LogP contribution in [0.1, 0.15) is 25.8 Å². The fourth-order valence-corrected chi connectivity index (χ4v) is 1.77. The van der Waals surface area contributed by atoms with Gasteiger partial charge in [-0.3, -0.25) is 9.59 Å². The maximum absolute atomic E-state index is 12.0. The van der Waals surface area contributed by atoms with Gasteiger partial charge in [0.15, 0.2) is 0 Å². The first-order chi connectivity index (χ1) is 8.51. The van der Waals surface area contributed by atoms with Gasteiger partial charge in [0.25, 0.3) is 0 Å². The summed E-state index contributed by atoms with van der Waals surface area (Å²) in [5, 5.41) is 8.97. The van der Waals surface area contributed by atoms with Crippen LogP contribution in [-0.4, -0.2) is 24.0 Å². The molecule has 0 aliphatic carbocycles. The first kappa shape index (κ1) is 14.2. The molecule has 1 aromatic carbocycles. The normalized spacial score (nSPS) is 11.9. The van der Waals surface area contributed by atoms with Gasteiger partial charge in [-0.1, -0.05) is 26.0 Å². The van der Waals surface area contributed by atoms with Crippen molar-refractivity contribution < 1.29 is 14.7 Å². The van der Waals surface area contributed by atoms with Gasteiger partial charge in [0.05, 0.1) is 0 Å². The molecular weight excluding hydrogens is 230 g/mol. The number of carboxylic acid groups (broad SMARTS) is 1. The summed E-state index contributed by atoms with van der Waals surface area (Å²) in [6, 6.07) is 7.57. The van der Waals surface area contributed by atoms with Crippen LogP contribution in [0.5, 0.6) is 0 Å². The SMILES string of the molecule is CCc1ccc(N(C)C(=O)C(CC)C(=O)O)cc1. The number of hydrogen-bond donors (Lipinski definition) is 1. The molecule has 0 saturated heterocycles. The zero-order valence-electron chi connectivity index (χ0n) is 11.0. The number of carboxylic acids is 1. The van der Waals surface area contributed by atoms with Crippen LogP contribution >= 0.6 is 0 Å². The second-order valence-electron chi connectivity index (χ2n) is 4.22. The molecule has 0 saturated carbocycles. The van der Waals surface area contributed by atoms with Gasteiger partial charge in [-0.05, 0) is 30.5 Å². The van der Waals surface area contributed by atoms with E-state index >= 15 is 0 Å². The quantitative estimate of drug-likeness (QED) is 0.815. The van der Waals surface area contributed by atoms with Crippen molar-refractivity contribution in [3.63, 3.8) is 0 Å². The van der Waals surface area contributed by atoms with Crippen LogP contribution in [0, 0.1) is 5.92 Å². The first-order valence-corrected chi connectivity index (χ1v) is 6.10. The number of hydrogen-bond acceptors (Lipinski definition) is 2. The summed E-state index contributed by atoms with van der Waals surface area (Å²) in [6.07, 6.45) is 1.23. The summed E-state index contributed by atoms with van der Waals surface area (Å²) < 4.78 is 0. The molecule has 1 unspecified atom stereocenters. The third-order valence-electron chi connectivity index (χ3n) is 3.07. The molecule has 4 nitrogen and oxygen atoms in total. The van der Waals surface area contributed by atoms with Crippen LogP contribution in [0.4, 0.5) is 5.69 Å². The van der Waals surface area contributed by atoms with Gasteiger partial charge < -0.3 is 10.0 Å². The largest absolute Gasteiger partial charge is 0.481 e. The Morgan fingerprint density at radius 1 is 1.22 bits per heavy atom. The van der Waals surface area contributed by atoms with E-state index in [1.807, 2.05) is 24.3 Å². The van der Waals surface area contributed by atoms with Gasteiger partial charge in [0, 0.05) is 12.7 Å². The van der Waals surface area contributed by atoms with E-state index in [1.165, 1.54) is 10.5 Å². The van der Waals surface area contributed by atoms with Crippen molar-refractivity contribution in [3.8, 4) is 0 Å². The van der Waals surface area contributed by atoms with Gasteiger partial charge in [-0.2, -0.15) is 0 Å². The summed E-state index contributed by atoms with van der Waals surface area (Å²) in [7, 11) is 1.61. The predicted molar refractivity (Wildman–Crippen MR) is 70.6 cm³/mol. The predicted octanol–water partition coefficient (Wildman–Crippen LogP) is 2.32. The number of nitrogens with zero attached hydrogens (tertiary/aromatic N) is 1. The average Bonchev–Trinajstić information content (AvgIpc) is 2.38. The van der Waals surface area contributed by atoms with Gasteiger partial charge in [-0.25, -0.2) is 0 Å². The minimum Gasteiger partial charge on any atom is -0.481 e. The standard InChI is InChI=1S/C14H19NO3/c1-4-10-6-8-11(9-7-10)15(3)13(16)12(5-2)14(17)18/h6-9,12H,4-5H2,1-3H3,(H,17,18). The lowest BCUT2D eigenvalue weighted by molar-refractivity contribution is -0.146. The van der Waals surface area contributed by atoms with Crippen LogP contribution in [0.25, 0.3) is 0 Å². The molecule has 1 atom stereocenters. The van der Waals surface area contributed by atoms with Gasteiger partial charge in [0.1, 0.15) is 5.92 Å². The van der Waals surface area contributed by atoms with Crippen molar-refractivity contribution in [3.05, 3.63) is 29.8 Å². The molecule has 0 heterocycles. The number of benzene rings is 1. The second kappa shape index (κ2) is 6.19. The fourth-order valence-electron chi connectivity index (χ4n) is 1.77. The Balaban J connectivity index is 2.88. The highest BCUT2D eigenvalue weighted by molar-refractivity contribution is 6.05. The number of rotatable bonds is 5. The third-order valence-corrected chi connectivity index (χ3v) is 3.07. The molecule has 1 amide bonds. The molecule has 0 aliphatic heterocycles. The summed E-state index contributed by atoms with van der Waals surface area (Å²) >= 11 is 0. The Bertz CT molecular complexity index is 425. The fraction of sp³-hybridized carbons (Fsp3) is 0.429. The van der Waals surface area contributed by atoms with Crippen molar-refractivity contribution in [2.24, 2.45) is 5.92 Å². The highest BCUT2D eigenvalue weighted by Gasteiger charge is 2.27. The number of aliphatic carboxylic acids is 1. The lowest BCUT2D eigenvalue weighted by atomic mass is 10.0. The molecule has 1 rings (SSSR count). The molecule has 0 spiro atoms. The van der Waals surface area contributed by atoms with Crippen LogP contribution < -0.4 is 4.90 Å². The van der Waals surface area contributed by atoms with Crippen molar-refractivity contribution in [1.29, 1.82) is 0 Å². The van der Waals surface area contributed by atoms with E-state index in [0.29, 0.717) is 6.42 Å². The average molecular weight is 249 g/mol. The molecule has 4 heteroatoms. The van der Waals surface area contributed by atoms with E-state index in [2.05, 4.69) is 6.92 Å². The van der Waals surface area contributed by atoms with Crippen LogP contribution in [0.15, 0.2) is 24.3 Å². The Morgan fingerprint density at radius 3 is 2.17 bits per heavy atom. The van der Waals surface area contributed by atoms with E-state index in [-0.39, 0.29) is 5.91 Å². The molecule has 1 N–H and O–H groups in total. The van der Waals surface area contributed by atoms with E-state index in [4.69, 9.17) is 5.11 Å². The summed E-state index contributed by atoms with van der Waals surface area (Å²) in [6.45, 7) is 3.76. The first-order valence-electron chi connectivity index (χ1n) is 6.10. The number of aryl methyl sites for hydroxylation is 1. The highest BCUT2D eigenvalue weighted by Crippen LogP contribution is 2.18. The number of carbonyl (C=O) groups is 2. The zero-order valence-corrected chi connectivity index (χ0v) is 11.0. The lowest BCUT2D eigenvalue weighted by Gasteiger charge is -2.21. The van der Waals surface area contributed by atoms with Gasteiger partial charge in [-0.15, -0.1) is 0 Å².